The average Bonchev–Trinajstić information content (AvgIpc) is 2.44. The Balaban J connectivity index is 2.10. The fourth-order valence-corrected chi connectivity index (χ4v) is 1.87. The van der Waals surface area contributed by atoms with Gasteiger partial charge in [0.2, 0.25) is 0 Å². The van der Waals surface area contributed by atoms with Crippen LogP contribution in [-0.4, -0.2) is 25.9 Å². The van der Waals surface area contributed by atoms with E-state index >= 15 is 0 Å². The van der Waals surface area contributed by atoms with Crippen LogP contribution in [0.15, 0.2) is 24.3 Å². The molecule has 0 bridgehead atoms. The predicted molar refractivity (Wildman–Crippen MR) is 93.0 cm³/mol. The van der Waals surface area contributed by atoms with Crippen molar-refractivity contribution in [3.8, 4) is 0 Å². The van der Waals surface area contributed by atoms with Gasteiger partial charge >= 0.3 is 0 Å². The molecule has 3 heteroatoms. The molecule has 1 aromatic rings. The molecule has 0 spiro atoms. The topological polar surface area (TPSA) is 30.5 Å². The minimum atomic E-state index is 0.277. The van der Waals surface area contributed by atoms with Crippen LogP contribution in [0, 0.1) is 5.41 Å². The van der Waals surface area contributed by atoms with Crippen LogP contribution in [-0.2, 0) is 22.6 Å². The summed E-state index contributed by atoms with van der Waals surface area (Å²) in [6, 6.07) is 8.59. The van der Waals surface area contributed by atoms with Gasteiger partial charge in [-0.15, -0.1) is 0 Å². The fraction of sp³-hybridized carbons (Fsp3) is 0.684. The third kappa shape index (κ3) is 9.93. The fourth-order valence-electron chi connectivity index (χ4n) is 1.87. The normalized spacial score (nSPS) is 12.1. The van der Waals surface area contributed by atoms with Crippen molar-refractivity contribution in [3.05, 3.63) is 35.4 Å². The summed E-state index contributed by atoms with van der Waals surface area (Å²) < 4.78 is 11.2. The summed E-state index contributed by atoms with van der Waals surface area (Å²) in [5, 5.41) is 3.41. The van der Waals surface area contributed by atoms with E-state index in [0.29, 0.717) is 12.0 Å². The van der Waals surface area contributed by atoms with Gasteiger partial charge in [-0.25, -0.2) is 0 Å². The summed E-state index contributed by atoms with van der Waals surface area (Å²) in [5.74, 6) is 0. The molecule has 0 heterocycles. The molecule has 126 valence electrons. The smallest absolute Gasteiger partial charge is 0.0720 e. The second kappa shape index (κ2) is 9.98. The Hall–Kier alpha value is -0.900. The van der Waals surface area contributed by atoms with Gasteiger partial charge in [0.1, 0.15) is 0 Å². The van der Waals surface area contributed by atoms with Gasteiger partial charge in [-0.2, -0.15) is 0 Å². The molecule has 0 saturated heterocycles. The lowest BCUT2D eigenvalue weighted by Gasteiger charge is -2.17. The van der Waals surface area contributed by atoms with E-state index < -0.39 is 0 Å². The van der Waals surface area contributed by atoms with Gasteiger partial charge in [0, 0.05) is 19.7 Å². The lowest BCUT2D eigenvalue weighted by Crippen LogP contribution is -2.20. The van der Waals surface area contributed by atoms with Crippen molar-refractivity contribution in [2.75, 3.05) is 19.8 Å². The first-order valence-electron chi connectivity index (χ1n) is 8.35. The van der Waals surface area contributed by atoms with Gasteiger partial charge in [0.15, 0.2) is 0 Å². The molecule has 0 amide bonds. The van der Waals surface area contributed by atoms with Gasteiger partial charge < -0.3 is 14.8 Å². The molecule has 0 fully saturated rings. The molecule has 1 rings (SSSR count). The Labute approximate surface area is 136 Å². The Kier molecular flexibility index (Phi) is 8.69. The van der Waals surface area contributed by atoms with Crippen molar-refractivity contribution in [1.82, 2.24) is 5.32 Å². The van der Waals surface area contributed by atoms with Gasteiger partial charge in [-0.05, 0) is 36.8 Å². The second-order valence-electron chi connectivity index (χ2n) is 7.28. The van der Waals surface area contributed by atoms with Crippen molar-refractivity contribution < 1.29 is 9.47 Å². The molecule has 1 N–H and O–H groups in total. The molecular weight excluding hydrogens is 274 g/mol. The van der Waals surface area contributed by atoms with Gasteiger partial charge in [-0.3, -0.25) is 0 Å². The maximum absolute atomic E-state index is 5.64. The molecule has 22 heavy (non-hydrogen) atoms. The van der Waals surface area contributed by atoms with Crippen molar-refractivity contribution in [2.24, 2.45) is 5.41 Å². The molecule has 0 aliphatic rings. The zero-order valence-corrected chi connectivity index (χ0v) is 14.9. The molecule has 0 aliphatic carbocycles. The van der Waals surface area contributed by atoms with E-state index in [9.17, 15) is 0 Å². The Bertz CT molecular complexity index is 393. The van der Waals surface area contributed by atoms with E-state index in [1.54, 1.807) is 0 Å². The minimum absolute atomic E-state index is 0.277. The van der Waals surface area contributed by atoms with E-state index in [0.717, 1.165) is 32.7 Å². The number of benzene rings is 1. The van der Waals surface area contributed by atoms with Crippen molar-refractivity contribution in [3.63, 3.8) is 0 Å². The first-order chi connectivity index (χ1) is 10.4. The SMILES string of the molecule is CC(C)OCc1ccc(CNCCOCCC(C)(C)C)cc1. The first kappa shape index (κ1) is 19.1. The van der Waals surface area contributed by atoms with E-state index in [1.165, 1.54) is 11.1 Å². The highest BCUT2D eigenvalue weighted by Gasteiger charge is 2.08. The number of hydrogen-bond donors (Lipinski definition) is 1. The Morgan fingerprint density at radius 2 is 1.64 bits per heavy atom. The third-order valence-electron chi connectivity index (χ3n) is 3.36. The lowest BCUT2D eigenvalue weighted by molar-refractivity contribution is 0.0657. The van der Waals surface area contributed by atoms with Gasteiger partial charge in [-0.1, -0.05) is 45.0 Å². The lowest BCUT2D eigenvalue weighted by atomic mass is 9.93. The summed E-state index contributed by atoms with van der Waals surface area (Å²) in [6.07, 6.45) is 1.38. The molecule has 0 saturated carbocycles. The summed E-state index contributed by atoms with van der Waals surface area (Å²) in [6.45, 7) is 14.9. The van der Waals surface area contributed by atoms with Gasteiger partial charge in [0.05, 0.1) is 19.3 Å². The molecule has 0 aliphatic heterocycles. The standard InChI is InChI=1S/C19H33NO2/c1-16(2)22-15-18-8-6-17(7-9-18)14-20-11-13-21-12-10-19(3,4)5/h6-9,16,20H,10-15H2,1-5H3. The summed E-state index contributed by atoms with van der Waals surface area (Å²) in [7, 11) is 0. The van der Waals surface area contributed by atoms with Crippen LogP contribution in [0.25, 0.3) is 0 Å². The third-order valence-corrected chi connectivity index (χ3v) is 3.36. The first-order valence-corrected chi connectivity index (χ1v) is 8.35. The Morgan fingerprint density at radius 1 is 1.00 bits per heavy atom. The Morgan fingerprint density at radius 3 is 2.23 bits per heavy atom. The number of ether oxygens (including phenoxy) is 2. The van der Waals surface area contributed by atoms with Crippen LogP contribution in [0.4, 0.5) is 0 Å². The van der Waals surface area contributed by atoms with Gasteiger partial charge in [0.25, 0.3) is 0 Å². The van der Waals surface area contributed by atoms with Crippen LogP contribution in [0.3, 0.4) is 0 Å². The predicted octanol–water partition coefficient (Wildman–Crippen LogP) is 4.15. The average molecular weight is 307 g/mol. The van der Waals surface area contributed by atoms with Crippen molar-refractivity contribution >= 4 is 0 Å². The molecule has 0 radical (unpaired) electrons. The zero-order chi connectivity index (χ0) is 16.4. The summed E-state index contributed by atoms with van der Waals surface area (Å²) in [4.78, 5) is 0. The van der Waals surface area contributed by atoms with Crippen molar-refractivity contribution in [2.45, 2.75) is 60.3 Å². The molecule has 0 aromatic heterocycles. The maximum atomic E-state index is 5.64. The largest absolute Gasteiger partial charge is 0.380 e. The van der Waals surface area contributed by atoms with Crippen LogP contribution >= 0.6 is 0 Å². The van der Waals surface area contributed by atoms with E-state index in [4.69, 9.17) is 9.47 Å². The number of hydrogen-bond acceptors (Lipinski definition) is 3. The minimum Gasteiger partial charge on any atom is -0.380 e. The molecular formula is C19H33NO2. The highest BCUT2D eigenvalue weighted by molar-refractivity contribution is 5.21. The number of nitrogens with one attached hydrogen (secondary N) is 1. The summed E-state index contributed by atoms with van der Waals surface area (Å²) in [5.41, 5.74) is 2.88. The van der Waals surface area contributed by atoms with Crippen molar-refractivity contribution in [1.29, 1.82) is 0 Å². The van der Waals surface area contributed by atoms with E-state index in [1.807, 2.05) is 0 Å². The highest BCUT2D eigenvalue weighted by atomic mass is 16.5. The maximum Gasteiger partial charge on any atom is 0.0720 e. The van der Waals surface area contributed by atoms with E-state index in [2.05, 4.69) is 64.2 Å². The summed E-state index contributed by atoms with van der Waals surface area (Å²) >= 11 is 0. The second-order valence-corrected chi connectivity index (χ2v) is 7.28. The van der Waals surface area contributed by atoms with E-state index in [-0.39, 0.29) is 6.10 Å². The molecule has 0 unspecified atom stereocenters. The van der Waals surface area contributed by atoms with Crippen LogP contribution in [0.5, 0.6) is 0 Å². The van der Waals surface area contributed by atoms with Crippen LogP contribution < -0.4 is 5.32 Å². The molecule has 1 aromatic carbocycles. The van der Waals surface area contributed by atoms with Crippen LogP contribution in [0.2, 0.25) is 0 Å². The number of rotatable bonds is 10. The molecule has 3 nitrogen and oxygen atoms in total. The molecule has 0 atom stereocenters. The zero-order valence-electron chi connectivity index (χ0n) is 14.9. The monoisotopic (exact) mass is 307 g/mol. The quantitative estimate of drug-likeness (QED) is 0.659. The highest BCUT2D eigenvalue weighted by Crippen LogP contribution is 2.17. The van der Waals surface area contributed by atoms with Crippen LogP contribution in [0.1, 0.15) is 52.2 Å².